The summed E-state index contributed by atoms with van der Waals surface area (Å²) in [6.45, 7) is -0.379. The minimum absolute atomic E-state index is 0.359. The van der Waals surface area contributed by atoms with E-state index in [0.717, 1.165) is 25.4 Å². The molecule has 0 fully saturated rings. The molecular weight excluding hydrogens is 329 g/mol. The molecule has 7 nitrogen and oxygen atoms in total. The number of hydrogen-bond donors (Lipinski definition) is 1. The monoisotopic (exact) mass is 342 g/mol. The SMILES string of the molecule is CC(C(=O)O)N(C)S(=O)(=O)c1ccc(OCC(F)(F)F)nc1. The normalized spacial score (nSPS) is 13.9. The van der Waals surface area contributed by atoms with Gasteiger partial charge in [0.25, 0.3) is 0 Å². The van der Waals surface area contributed by atoms with Crippen LogP contribution in [0.2, 0.25) is 0 Å². The van der Waals surface area contributed by atoms with Crippen molar-refractivity contribution in [3.05, 3.63) is 18.3 Å². The molecule has 0 spiro atoms. The van der Waals surface area contributed by atoms with Crippen molar-refractivity contribution >= 4 is 16.0 Å². The third-order valence-electron chi connectivity index (χ3n) is 2.67. The Balaban J connectivity index is 2.92. The second-order valence-electron chi connectivity index (χ2n) is 4.27. The van der Waals surface area contributed by atoms with Crippen LogP contribution >= 0.6 is 0 Å². The zero-order chi connectivity index (χ0) is 17.1. The van der Waals surface area contributed by atoms with Gasteiger partial charge in [-0.2, -0.15) is 17.5 Å². The lowest BCUT2D eigenvalue weighted by Gasteiger charge is -2.20. The molecule has 0 saturated heterocycles. The fraction of sp³-hybridized carbons (Fsp3) is 0.455. The maximum atomic E-state index is 12.1. The summed E-state index contributed by atoms with van der Waals surface area (Å²) < 4.78 is 65.1. The van der Waals surface area contributed by atoms with Crippen LogP contribution in [-0.4, -0.2) is 54.7 Å². The molecule has 1 atom stereocenters. The number of rotatable bonds is 6. The smallest absolute Gasteiger partial charge is 0.422 e. The first kappa shape index (κ1) is 18.2. The van der Waals surface area contributed by atoms with E-state index in [0.29, 0.717) is 4.31 Å². The Bertz CT molecular complexity index is 630. The molecule has 0 amide bonds. The predicted octanol–water partition coefficient (Wildman–Crippen LogP) is 1.12. The second kappa shape index (κ2) is 6.48. The van der Waals surface area contributed by atoms with E-state index < -0.39 is 40.7 Å². The molecule has 0 aliphatic rings. The molecule has 0 saturated carbocycles. The molecule has 1 heterocycles. The maximum Gasteiger partial charge on any atom is 0.422 e. The van der Waals surface area contributed by atoms with Crippen molar-refractivity contribution in [3.8, 4) is 5.88 Å². The van der Waals surface area contributed by atoms with E-state index >= 15 is 0 Å². The molecule has 1 aromatic rings. The Morgan fingerprint density at radius 3 is 2.45 bits per heavy atom. The standard InChI is InChI=1S/C11H13F3N2O5S/c1-7(10(17)18)16(2)22(19,20)8-3-4-9(15-5-8)21-6-11(12,13)14/h3-5,7H,6H2,1-2H3,(H,17,18). The van der Waals surface area contributed by atoms with Crippen LogP contribution in [0.3, 0.4) is 0 Å². The topological polar surface area (TPSA) is 96.8 Å². The van der Waals surface area contributed by atoms with Gasteiger partial charge >= 0.3 is 12.1 Å². The van der Waals surface area contributed by atoms with Crippen molar-refractivity contribution in [1.29, 1.82) is 0 Å². The number of aliphatic carboxylic acids is 1. The number of aromatic nitrogens is 1. The van der Waals surface area contributed by atoms with Gasteiger partial charge in [-0.05, 0) is 13.0 Å². The molecule has 1 N–H and O–H groups in total. The van der Waals surface area contributed by atoms with Crippen LogP contribution in [-0.2, 0) is 14.8 Å². The summed E-state index contributed by atoms with van der Waals surface area (Å²) in [5.74, 6) is -1.74. The lowest BCUT2D eigenvalue weighted by Crippen LogP contribution is -2.40. The van der Waals surface area contributed by atoms with Crippen molar-refractivity contribution in [1.82, 2.24) is 9.29 Å². The molecular formula is C11H13F3N2O5S. The van der Waals surface area contributed by atoms with Crippen molar-refractivity contribution < 1.29 is 36.2 Å². The highest BCUT2D eigenvalue weighted by Crippen LogP contribution is 2.20. The van der Waals surface area contributed by atoms with Crippen molar-refractivity contribution in [2.24, 2.45) is 0 Å². The highest BCUT2D eigenvalue weighted by atomic mass is 32.2. The summed E-state index contributed by atoms with van der Waals surface area (Å²) in [5, 5.41) is 8.80. The number of nitrogens with zero attached hydrogens (tertiary/aromatic N) is 2. The van der Waals surface area contributed by atoms with E-state index in [9.17, 15) is 26.4 Å². The molecule has 0 aliphatic carbocycles. The highest BCUT2D eigenvalue weighted by molar-refractivity contribution is 7.89. The zero-order valence-corrected chi connectivity index (χ0v) is 12.3. The van der Waals surface area contributed by atoms with E-state index in [1.165, 1.54) is 6.92 Å². The van der Waals surface area contributed by atoms with E-state index in [1.54, 1.807) is 0 Å². The predicted molar refractivity (Wildman–Crippen MR) is 67.8 cm³/mol. The van der Waals surface area contributed by atoms with Gasteiger partial charge in [-0.1, -0.05) is 0 Å². The Labute approximate surface area is 124 Å². The van der Waals surface area contributed by atoms with Crippen LogP contribution < -0.4 is 4.74 Å². The lowest BCUT2D eigenvalue weighted by molar-refractivity contribution is -0.154. The molecule has 1 aromatic heterocycles. The minimum atomic E-state index is -4.54. The molecule has 124 valence electrons. The van der Waals surface area contributed by atoms with E-state index in [2.05, 4.69) is 9.72 Å². The van der Waals surface area contributed by atoms with Gasteiger partial charge in [0.2, 0.25) is 15.9 Å². The van der Waals surface area contributed by atoms with Crippen molar-refractivity contribution in [2.75, 3.05) is 13.7 Å². The van der Waals surface area contributed by atoms with Crippen LogP contribution in [0.4, 0.5) is 13.2 Å². The fourth-order valence-corrected chi connectivity index (χ4v) is 2.56. The van der Waals surface area contributed by atoms with Crippen molar-refractivity contribution in [2.45, 2.75) is 24.0 Å². The number of carboxylic acid groups (broad SMARTS) is 1. The molecule has 11 heteroatoms. The van der Waals surface area contributed by atoms with E-state index in [4.69, 9.17) is 5.11 Å². The van der Waals surface area contributed by atoms with Crippen LogP contribution in [0.25, 0.3) is 0 Å². The molecule has 0 aromatic carbocycles. The first-order valence-corrected chi connectivity index (χ1v) is 7.25. The van der Waals surface area contributed by atoms with Crippen LogP contribution in [0, 0.1) is 0 Å². The van der Waals surface area contributed by atoms with Crippen LogP contribution in [0.1, 0.15) is 6.92 Å². The zero-order valence-electron chi connectivity index (χ0n) is 11.5. The average Bonchev–Trinajstić information content (AvgIpc) is 2.43. The van der Waals surface area contributed by atoms with Gasteiger partial charge in [-0.25, -0.2) is 13.4 Å². The van der Waals surface area contributed by atoms with Gasteiger partial charge in [-0.15, -0.1) is 0 Å². The first-order chi connectivity index (χ1) is 9.95. The summed E-state index contributed by atoms with van der Waals surface area (Å²) in [4.78, 5) is 13.9. The quantitative estimate of drug-likeness (QED) is 0.832. The third kappa shape index (κ3) is 4.56. The summed E-state index contributed by atoms with van der Waals surface area (Å²) >= 11 is 0. The Morgan fingerprint density at radius 1 is 1.45 bits per heavy atom. The van der Waals surface area contributed by atoms with Gasteiger partial charge in [-0.3, -0.25) is 4.79 Å². The molecule has 0 radical (unpaired) electrons. The molecule has 1 rings (SSSR count). The number of ether oxygens (including phenoxy) is 1. The molecule has 0 aliphatic heterocycles. The molecule has 22 heavy (non-hydrogen) atoms. The number of carbonyl (C=O) groups is 1. The fourth-order valence-electron chi connectivity index (χ4n) is 1.29. The van der Waals surface area contributed by atoms with Gasteiger partial charge < -0.3 is 9.84 Å². The van der Waals surface area contributed by atoms with E-state index in [-0.39, 0.29) is 4.90 Å². The van der Waals surface area contributed by atoms with Crippen LogP contribution in [0.5, 0.6) is 5.88 Å². The number of likely N-dealkylation sites (N-methyl/N-ethyl adjacent to an activating group) is 1. The number of pyridine rings is 1. The number of alkyl halides is 3. The number of sulfonamides is 1. The van der Waals surface area contributed by atoms with E-state index in [1.807, 2.05) is 0 Å². The second-order valence-corrected chi connectivity index (χ2v) is 6.27. The first-order valence-electron chi connectivity index (χ1n) is 5.81. The summed E-state index contributed by atoms with van der Waals surface area (Å²) in [6, 6.07) is 0.628. The van der Waals surface area contributed by atoms with Crippen LogP contribution in [0.15, 0.2) is 23.2 Å². The summed E-state index contributed by atoms with van der Waals surface area (Å²) in [5.41, 5.74) is 0. The third-order valence-corrected chi connectivity index (χ3v) is 4.58. The summed E-state index contributed by atoms with van der Waals surface area (Å²) in [6.07, 6.45) is -3.74. The summed E-state index contributed by atoms with van der Waals surface area (Å²) in [7, 11) is -3.06. The number of hydrogen-bond acceptors (Lipinski definition) is 5. The maximum absolute atomic E-state index is 12.1. The minimum Gasteiger partial charge on any atom is -0.480 e. The Hall–Kier alpha value is -1.88. The van der Waals surface area contributed by atoms with Gasteiger partial charge in [0.05, 0.1) is 6.20 Å². The van der Waals surface area contributed by atoms with Crippen molar-refractivity contribution in [3.63, 3.8) is 0 Å². The van der Waals surface area contributed by atoms with Gasteiger partial charge in [0.15, 0.2) is 6.61 Å². The number of halogens is 3. The Kier molecular flexibility index (Phi) is 5.35. The largest absolute Gasteiger partial charge is 0.480 e. The van der Waals surface area contributed by atoms with Gasteiger partial charge in [0.1, 0.15) is 10.9 Å². The number of carboxylic acids is 1. The highest BCUT2D eigenvalue weighted by Gasteiger charge is 2.30. The van der Waals surface area contributed by atoms with Gasteiger partial charge in [0, 0.05) is 13.1 Å². The average molecular weight is 342 g/mol. The molecule has 1 unspecified atom stereocenters. The Morgan fingerprint density at radius 2 is 2.05 bits per heavy atom. The molecule has 0 bridgehead atoms. The lowest BCUT2D eigenvalue weighted by atomic mass is 10.4.